The Bertz CT molecular complexity index is 139. The third-order valence-electron chi connectivity index (χ3n) is 2.53. The molecule has 2 N–H and O–H groups in total. The van der Waals surface area contributed by atoms with Crippen LogP contribution in [0.3, 0.4) is 0 Å². The maximum atomic E-state index is 5.47. The van der Waals surface area contributed by atoms with Crippen molar-refractivity contribution in [1.29, 1.82) is 0 Å². The zero-order valence-electron chi connectivity index (χ0n) is 8.41. The molecule has 0 amide bonds. The molecule has 0 atom stereocenters. The highest BCUT2D eigenvalue weighted by atomic mass is 15.3. The van der Waals surface area contributed by atoms with Crippen LogP contribution in [0.25, 0.3) is 0 Å². The SMILES string of the molecule is C=CCN1CCN(CCCN)CC1. The standard InChI is InChI=1S/C10H21N3/c1-2-5-12-7-9-13(10-8-12)6-3-4-11/h2H,1,3-11H2. The fourth-order valence-electron chi connectivity index (χ4n) is 1.69. The van der Waals surface area contributed by atoms with Gasteiger partial charge in [-0.1, -0.05) is 6.08 Å². The van der Waals surface area contributed by atoms with Crippen LogP contribution >= 0.6 is 0 Å². The molecule has 0 unspecified atom stereocenters. The van der Waals surface area contributed by atoms with Gasteiger partial charge in [-0.05, 0) is 19.5 Å². The van der Waals surface area contributed by atoms with Gasteiger partial charge in [0.15, 0.2) is 0 Å². The fraction of sp³-hybridized carbons (Fsp3) is 0.800. The molecule has 0 aliphatic carbocycles. The van der Waals surface area contributed by atoms with E-state index in [0.29, 0.717) is 0 Å². The molecule has 3 nitrogen and oxygen atoms in total. The Morgan fingerprint density at radius 3 is 2.31 bits per heavy atom. The number of rotatable bonds is 5. The summed E-state index contributed by atoms with van der Waals surface area (Å²) >= 11 is 0. The average Bonchev–Trinajstić information content (AvgIpc) is 2.17. The van der Waals surface area contributed by atoms with Gasteiger partial charge in [0, 0.05) is 32.7 Å². The predicted octanol–water partition coefficient (Wildman–Crippen LogP) is 0.139. The number of nitrogens with two attached hydrogens (primary N) is 1. The first-order chi connectivity index (χ1) is 6.36. The topological polar surface area (TPSA) is 32.5 Å². The van der Waals surface area contributed by atoms with Gasteiger partial charge in [-0.15, -0.1) is 6.58 Å². The Hall–Kier alpha value is -0.380. The van der Waals surface area contributed by atoms with E-state index in [1.165, 1.54) is 32.7 Å². The summed E-state index contributed by atoms with van der Waals surface area (Å²) < 4.78 is 0. The van der Waals surface area contributed by atoms with Crippen LogP contribution in [0.15, 0.2) is 12.7 Å². The lowest BCUT2D eigenvalue weighted by atomic mass is 10.3. The Balaban J connectivity index is 2.11. The van der Waals surface area contributed by atoms with Crippen molar-refractivity contribution in [1.82, 2.24) is 9.80 Å². The van der Waals surface area contributed by atoms with Crippen LogP contribution < -0.4 is 5.73 Å². The van der Waals surface area contributed by atoms with E-state index in [2.05, 4.69) is 16.4 Å². The molecule has 0 spiro atoms. The van der Waals surface area contributed by atoms with Crippen molar-refractivity contribution in [3.05, 3.63) is 12.7 Å². The number of hydrogen-bond donors (Lipinski definition) is 1. The third kappa shape index (κ3) is 3.89. The summed E-state index contributed by atoms with van der Waals surface area (Å²) in [6, 6.07) is 0. The summed E-state index contributed by atoms with van der Waals surface area (Å²) in [5, 5.41) is 0. The second-order valence-corrected chi connectivity index (χ2v) is 3.57. The van der Waals surface area contributed by atoms with Crippen molar-refractivity contribution in [2.24, 2.45) is 5.73 Å². The molecule has 1 aliphatic heterocycles. The van der Waals surface area contributed by atoms with Crippen molar-refractivity contribution < 1.29 is 0 Å². The monoisotopic (exact) mass is 183 g/mol. The molecule has 1 fully saturated rings. The molecular weight excluding hydrogens is 162 g/mol. The van der Waals surface area contributed by atoms with E-state index in [4.69, 9.17) is 5.73 Å². The van der Waals surface area contributed by atoms with Gasteiger partial charge in [-0.25, -0.2) is 0 Å². The molecule has 0 aromatic rings. The minimum absolute atomic E-state index is 0.812. The van der Waals surface area contributed by atoms with Crippen LogP contribution in [-0.4, -0.2) is 55.6 Å². The van der Waals surface area contributed by atoms with Crippen LogP contribution in [0, 0.1) is 0 Å². The average molecular weight is 183 g/mol. The molecular formula is C10H21N3. The summed E-state index contributed by atoms with van der Waals surface area (Å²) in [5.41, 5.74) is 5.47. The Morgan fingerprint density at radius 1 is 1.15 bits per heavy atom. The minimum atomic E-state index is 0.812. The molecule has 1 aliphatic rings. The summed E-state index contributed by atoms with van der Waals surface area (Å²) in [4.78, 5) is 4.93. The van der Waals surface area contributed by atoms with Crippen LogP contribution in [0.5, 0.6) is 0 Å². The van der Waals surface area contributed by atoms with E-state index in [1.54, 1.807) is 0 Å². The van der Waals surface area contributed by atoms with Gasteiger partial charge in [0.05, 0.1) is 0 Å². The summed E-state index contributed by atoms with van der Waals surface area (Å²) in [6.07, 6.45) is 3.11. The highest BCUT2D eigenvalue weighted by molar-refractivity contribution is 4.78. The zero-order valence-corrected chi connectivity index (χ0v) is 8.41. The maximum absolute atomic E-state index is 5.47. The number of piperazine rings is 1. The van der Waals surface area contributed by atoms with Crippen LogP contribution in [0.2, 0.25) is 0 Å². The van der Waals surface area contributed by atoms with Crippen molar-refractivity contribution in [2.45, 2.75) is 6.42 Å². The van der Waals surface area contributed by atoms with Crippen LogP contribution in [0.1, 0.15) is 6.42 Å². The van der Waals surface area contributed by atoms with E-state index in [1.807, 2.05) is 6.08 Å². The van der Waals surface area contributed by atoms with E-state index in [9.17, 15) is 0 Å². The van der Waals surface area contributed by atoms with E-state index < -0.39 is 0 Å². The van der Waals surface area contributed by atoms with Gasteiger partial charge in [0.25, 0.3) is 0 Å². The normalized spacial score (nSPS) is 20.4. The van der Waals surface area contributed by atoms with Gasteiger partial charge in [-0.3, -0.25) is 4.90 Å². The maximum Gasteiger partial charge on any atom is 0.0161 e. The first-order valence-corrected chi connectivity index (χ1v) is 5.12. The molecule has 0 aromatic heterocycles. The highest BCUT2D eigenvalue weighted by Crippen LogP contribution is 2.01. The van der Waals surface area contributed by atoms with Gasteiger partial charge in [-0.2, -0.15) is 0 Å². The molecule has 0 saturated carbocycles. The lowest BCUT2D eigenvalue weighted by molar-refractivity contribution is 0.142. The Kier molecular flexibility index (Phi) is 5.05. The molecule has 76 valence electrons. The molecule has 3 heteroatoms. The molecule has 0 bridgehead atoms. The van der Waals surface area contributed by atoms with Crippen molar-refractivity contribution in [2.75, 3.05) is 45.8 Å². The molecule has 13 heavy (non-hydrogen) atoms. The van der Waals surface area contributed by atoms with Gasteiger partial charge >= 0.3 is 0 Å². The smallest absolute Gasteiger partial charge is 0.0161 e. The largest absolute Gasteiger partial charge is 0.330 e. The minimum Gasteiger partial charge on any atom is -0.330 e. The second kappa shape index (κ2) is 6.13. The van der Waals surface area contributed by atoms with Crippen LogP contribution in [-0.2, 0) is 0 Å². The van der Waals surface area contributed by atoms with Gasteiger partial charge in [0.2, 0.25) is 0 Å². The second-order valence-electron chi connectivity index (χ2n) is 3.57. The van der Waals surface area contributed by atoms with Crippen molar-refractivity contribution >= 4 is 0 Å². The molecule has 1 saturated heterocycles. The molecule has 1 rings (SSSR count). The van der Waals surface area contributed by atoms with Crippen LogP contribution in [0.4, 0.5) is 0 Å². The predicted molar refractivity (Wildman–Crippen MR) is 56.7 cm³/mol. The lowest BCUT2D eigenvalue weighted by Gasteiger charge is -2.33. The fourth-order valence-corrected chi connectivity index (χ4v) is 1.69. The summed E-state index contributed by atoms with van der Waals surface area (Å²) in [5.74, 6) is 0. The highest BCUT2D eigenvalue weighted by Gasteiger charge is 2.14. The first kappa shape index (κ1) is 10.7. The quantitative estimate of drug-likeness (QED) is 0.615. The Labute approximate surface area is 81.2 Å². The summed E-state index contributed by atoms with van der Waals surface area (Å²) in [6.45, 7) is 11.5. The third-order valence-corrected chi connectivity index (χ3v) is 2.53. The van der Waals surface area contributed by atoms with Crippen molar-refractivity contribution in [3.63, 3.8) is 0 Å². The number of nitrogens with zero attached hydrogens (tertiary/aromatic N) is 2. The van der Waals surface area contributed by atoms with Crippen molar-refractivity contribution in [3.8, 4) is 0 Å². The lowest BCUT2D eigenvalue weighted by Crippen LogP contribution is -2.46. The zero-order chi connectivity index (χ0) is 9.52. The molecule has 1 heterocycles. The van der Waals surface area contributed by atoms with E-state index in [0.717, 1.165) is 19.5 Å². The molecule has 0 aromatic carbocycles. The van der Waals surface area contributed by atoms with E-state index >= 15 is 0 Å². The van der Waals surface area contributed by atoms with Gasteiger partial charge in [0.1, 0.15) is 0 Å². The molecule has 0 radical (unpaired) electrons. The first-order valence-electron chi connectivity index (χ1n) is 5.12. The van der Waals surface area contributed by atoms with Gasteiger partial charge < -0.3 is 10.6 Å². The number of hydrogen-bond acceptors (Lipinski definition) is 3. The van der Waals surface area contributed by atoms with E-state index in [-0.39, 0.29) is 0 Å². The summed E-state index contributed by atoms with van der Waals surface area (Å²) in [7, 11) is 0. The Morgan fingerprint density at radius 2 is 1.77 bits per heavy atom.